The Bertz CT molecular complexity index is 414. The largest absolute Gasteiger partial charge is 0.497 e. The predicted molar refractivity (Wildman–Crippen MR) is 71.4 cm³/mol. The van der Waals surface area contributed by atoms with E-state index in [4.69, 9.17) is 4.74 Å². The van der Waals surface area contributed by atoms with Crippen LogP contribution in [0.3, 0.4) is 0 Å². The van der Waals surface area contributed by atoms with Gasteiger partial charge in [-0.3, -0.25) is 4.79 Å². The van der Waals surface area contributed by atoms with E-state index in [9.17, 15) is 9.90 Å². The SMILES string of the molecule is CCC1=C(C(=O)N2CCC(O)(C3CC3)C2)CCCO1. The van der Waals surface area contributed by atoms with Gasteiger partial charge in [0.25, 0.3) is 5.91 Å². The molecule has 0 spiro atoms. The highest BCUT2D eigenvalue weighted by molar-refractivity contribution is 5.94. The number of carbonyl (C=O) groups is 1. The molecule has 1 atom stereocenters. The summed E-state index contributed by atoms with van der Waals surface area (Å²) < 4.78 is 5.60. The summed E-state index contributed by atoms with van der Waals surface area (Å²) in [6.45, 7) is 3.95. The summed E-state index contributed by atoms with van der Waals surface area (Å²) in [5.74, 6) is 1.37. The Morgan fingerprint density at radius 2 is 2.32 bits per heavy atom. The molecule has 0 aromatic rings. The number of ether oxygens (including phenoxy) is 1. The maximum absolute atomic E-state index is 12.6. The van der Waals surface area contributed by atoms with Crippen molar-refractivity contribution >= 4 is 5.91 Å². The lowest BCUT2D eigenvalue weighted by Crippen LogP contribution is -2.38. The van der Waals surface area contributed by atoms with Crippen molar-refractivity contribution in [1.82, 2.24) is 4.90 Å². The molecule has 4 nitrogen and oxygen atoms in total. The lowest BCUT2D eigenvalue weighted by atomic mass is 9.97. The van der Waals surface area contributed by atoms with E-state index in [1.54, 1.807) is 0 Å². The molecule has 0 bridgehead atoms. The van der Waals surface area contributed by atoms with Crippen LogP contribution in [0.2, 0.25) is 0 Å². The average Bonchev–Trinajstić information content (AvgIpc) is 3.22. The molecule has 2 heterocycles. The lowest BCUT2D eigenvalue weighted by Gasteiger charge is -2.26. The van der Waals surface area contributed by atoms with Crippen LogP contribution in [0.1, 0.15) is 45.4 Å². The van der Waals surface area contributed by atoms with E-state index in [1.807, 2.05) is 11.8 Å². The van der Waals surface area contributed by atoms with E-state index < -0.39 is 5.60 Å². The zero-order valence-electron chi connectivity index (χ0n) is 11.7. The first-order valence-corrected chi connectivity index (χ1v) is 7.50. The Hall–Kier alpha value is -1.03. The van der Waals surface area contributed by atoms with Crippen LogP contribution < -0.4 is 0 Å². The maximum atomic E-state index is 12.6. The molecule has 4 heteroatoms. The van der Waals surface area contributed by atoms with Crippen molar-refractivity contribution < 1.29 is 14.6 Å². The summed E-state index contributed by atoms with van der Waals surface area (Å²) in [6, 6.07) is 0. The molecule has 1 amide bonds. The van der Waals surface area contributed by atoms with E-state index >= 15 is 0 Å². The minimum absolute atomic E-state index is 0.0909. The molecule has 19 heavy (non-hydrogen) atoms. The van der Waals surface area contributed by atoms with E-state index in [2.05, 4.69) is 0 Å². The molecule has 1 saturated carbocycles. The van der Waals surface area contributed by atoms with E-state index in [-0.39, 0.29) is 5.91 Å². The average molecular weight is 265 g/mol. The summed E-state index contributed by atoms with van der Waals surface area (Å²) in [6.07, 6.45) is 5.49. The zero-order chi connectivity index (χ0) is 13.5. The van der Waals surface area contributed by atoms with Gasteiger partial charge >= 0.3 is 0 Å². The van der Waals surface area contributed by atoms with Gasteiger partial charge in [-0.25, -0.2) is 0 Å². The molecule has 1 unspecified atom stereocenters. The number of likely N-dealkylation sites (tertiary alicyclic amines) is 1. The molecule has 0 radical (unpaired) electrons. The van der Waals surface area contributed by atoms with Crippen molar-refractivity contribution in [2.24, 2.45) is 5.92 Å². The Morgan fingerprint density at radius 3 is 3.00 bits per heavy atom. The van der Waals surface area contributed by atoms with E-state index in [0.29, 0.717) is 19.0 Å². The Morgan fingerprint density at radius 1 is 1.53 bits per heavy atom. The number of β-amino-alcohol motifs (C(OH)–C–C–N with tert-alkyl or cyclic N) is 1. The Labute approximate surface area is 114 Å². The Kier molecular flexibility index (Phi) is 3.29. The van der Waals surface area contributed by atoms with Crippen LogP contribution >= 0.6 is 0 Å². The number of allylic oxidation sites excluding steroid dienone is 1. The van der Waals surface area contributed by atoms with Gasteiger partial charge in [-0.15, -0.1) is 0 Å². The number of rotatable bonds is 3. The minimum Gasteiger partial charge on any atom is -0.497 e. The fourth-order valence-corrected chi connectivity index (χ4v) is 3.35. The minimum atomic E-state index is -0.613. The molecular weight excluding hydrogens is 242 g/mol. The van der Waals surface area contributed by atoms with Crippen LogP contribution in [-0.4, -0.2) is 41.2 Å². The van der Waals surface area contributed by atoms with Crippen molar-refractivity contribution in [3.63, 3.8) is 0 Å². The topological polar surface area (TPSA) is 49.8 Å². The highest BCUT2D eigenvalue weighted by Gasteiger charge is 2.49. The lowest BCUT2D eigenvalue weighted by molar-refractivity contribution is -0.128. The zero-order valence-corrected chi connectivity index (χ0v) is 11.7. The molecule has 1 N–H and O–H groups in total. The van der Waals surface area contributed by atoms with Crippen LogP contribution in [0.5, 0.6) is 0 Å². The molecule has 2 aliphatic heterocycles. The van der Waals surface area contributed by atoms with Gasteiger partial charge in [0, 0.05) is 13.0 Å². The van der Waals surface area contributed by atoms with Crippen LogP contribution in [0.15, 0.2) is 11.3 Å². The molecule has 2 fully saturated rings. The van der Waals surface area contributed by atoms with Crippen LogP contribution in [0.25, 0.3) is 0 Å². The van der Waals surface area contributed by atoms with Gasteiger partial charge in [0.1, 0.15) is 5.76 Å². The predicted octanol–water partition coefficient (Wildman–Crippen LogP) is 1.83. The van der Waals surface area contributed by atoms with Crippen molar-refractivity contribution in [2.45, 2.75) is 51.0 Å². The van der Waals surface area contributed by atoms with E-state index in [1.165, 1.54) is 0 Å². The number of hydrogen-bond acceptors (Lipinski definition) is 3. The van der Waals surface area contributed by atoms with Gasteiger partial charge in [-0.05, 0) is 38.0 Å². The summed E-state index contributed by atoms with van der Waals surface area (Å²) in [4.78, 5) is 14.4. The van der Waals surface area contributed by atoms with Gasteiger partial charge in [0.15, 0.2) is 0 Å². The molecule has 3 rings (SSSR count). The second-order valence-electron chi connectivity index (χ2n) is 6.06. The fraction of sp³-hybridized carbons (Fsp3) is 0.800. The molecule has 3 aliphatic rings. The molecule has 1 saturated heterocycles. The quantitative estimate of drug-likeness (QED) is 0.847. The number of hydrogen-bond donors (Lipinski definition) is 1. The third kappa shape index (κ3) is 2.38. The van der Waals surface area contributed by atoms with E-state index in [0.717, 1.165) is 56.5 Å². The number of amides is 1. The molecule has 1 aliphatic carbocycles. The van der Waals surface area contributed by atoms with Gasteiger partial charge < -0.3 is 14.7 Å². The highest BCUT2D eigenvalue weighted by Crippen LogP contribution is 2.44. The van der Waals surface area contributed by atoms with Gasteiger partial charge in [-0.2, -0.15) is 0 Å². The third-order valence-corrected chi connectivity index (χ3v) is 4.67. The third-order valence-electron chi connectivity index (χ3n) is 4.67. The van der Waals surface area contributed by atoms with Gasteiger partial charge in [0.05, 0.1) is 24.3 Å². The summed E-state index contributed by atoms with van der Waals surface area (Å²) in [7, 11) is 0. The van der Waals surface area contributed by atoms with Gasteiger partial charge in [-0.1, -0.05) is 6.92 Å². The summed E-state index contributed by atoms with van der Waals surface area (Å²) in [5, 5.41) is 10.5. The molecule has 0 aromatic heterocycles. The highest BCUT2D eigenvalue weighted by atomic mass is 16.5. The summed E-state index contributed by atoms with van der Waals surface area (Å²) in [5.41, 5.74) is 0.229. The van der Waals surface area contributed by atoms with Crippen molar-refractivity contribution in [3.05, 3.63) is 11.3 Å². The fourth-order valence-electron chi connectivity index (χ4n) is 3.35. The monoisotopic (exact) mass is 265 g/mol. The van der Waals surface area contributed by atoms with Crippen LogP contribution in [0.4, 0.5) is 0 Å². The first kappa shape index (κ1) is 13.0. The van der Waals surface area contributed by atoms with Gasteiger partial charge in [0.2, 0.25) is 0 Å². The summed E-state index contributed by atoms with van der Waals surface area (Å²) >= 11 is 0. The Balaban J connectivity index is 1.72. The number of aliphatic hydroxyl groups is 1. The van der Waals surface area contributed by atoms with Crippen LogP contribution in [0, 0.1) is 5.92 Å². The number of nitrogens with zero attached hydrogens (tertiary/aromatic N) is 1. The number of carbonyl (C=O) groups excluding carboxylic acids is 1. The maximum Gasteiger partial charge on any atom is 0.253 e. The first-order valence-electron chi connectivity index (χ1n) is 7.50. The standard InChI is InChI=1S/C15H23NO3/c1-2-13-12(4-3-9-19-13)14(17)16-8-7-15(18,10-16)11-5-6-11/h11,18H,2-10H2,1H3. The molecule has 106 valence electrons. The van der Waals surface area contributed by atoms with Crippen molar-refractivity contribution in [2.75, 3.05) is 19.7 Å². The molecular formula is C15H23NO3. The normalized spacial score (nSPS) is 31.6. The first-order chi connectivity index (χ1) is 9.14. The van der Waals surface area contributed by atoms with Crippen LogP contribution in [-0.2, 0) is 9.53 Å². The van der Waals surface area contributed by atoms with Crippen molar-refractivity contribution in [1.29, 1.82) is 0 Å². The second-order valence-corrected chi connectivity index (χ2v) is 6.06. The second kappa shape index (κ2) is 4.82. The smallest absolute Gasteiger partial charge is 0.253 e. The molecule has 0 aromatic carbocycles. The van der Waals surface area contributed by atoms with Crippen molar-refractivity contribution in [3.8, 4) is 0 Å².